The number of ether oxygens (including phenoxy) is 1. The fourth-order valence-electron chi connectivity index (χ4n) is 1.78. The van der Waals surface area contributed by atoms with Gasteiger partial charge in [0.25, 0.3) is 0 Å². The number of unbranched alkanes of at least 4 members (excludes halogenated alkanes) is 3. The fourth-order valence-corrected chi connectivity index (χ4v) is 2.17. The average Bonchev–Trinajstić information content (AvgIpc) is 2.28. The van der Waals surface area contributed by atoms with Crippen molar-refractivity contribution in [3.05, 3.63) is 28.8 Å². The third-order valence-corrected chi connectivity index (χ3v) is 3.19. The summed E-state index contributed by atoms with van der Waals surface area (Å²) < 4.78 is 5.68. The molecule has 0 saturated carbocycles. The van der Waals surface area contributed by atoms with Crippen LogP contribution < -0.4 is 4.74 Å². The fraction of sp³-hybridized carbons (Fsp3) is 0.600. The van der Waals surface area contributed by atoms with Gasteiger partial charge >= 0.3 is 0 Å². The Bertz CT molecular complexity index is 334. The van der Waals surface area contributed by atoms with E-state index in [0.29, 0.717) is 5.92 Å². The molecular formula is C15H23ClO. The van der Waals surface area contributed by atoms with Crippen LogP contribution in [0, 0.1) is 0 Å². The first-order chi connectivity index (χ1) is 8.15. The second-order valence-corrected chi connectivity index (χ2v) is 5.15. The van der Waals surface area contributed by atoms with Crippen molar-refractivity contribution in [1.29, 1.82) is 0 Å². The van der Waals surface area contributed by atoms with E-state index in [0.717, 1.165) is 23.8 Å². The number of hydrogen-bond acceptors (Lipinski definition) is 1. The minimum atomic E-state index is 0.459. The zero-order valence-electron chi connectivity index (χ0n) is 11.1. The highest BCUT2D eigenvalue weighted by Crippen LogP contribution is 2.28. The van der Waals surface area contributed by atoms with Gasteiger partial charge in [-0.25, -0.2) is 0 Å². The van der Waals surface area contributed by atoms with Crippen LogP contribution in [0.3, 0.4) is 0 Å². The Kier molecular flexibility index (Phi) is 6.43. The lowest BCUT2D eigenvalue weighted by Gasteiger charge is -2.11. The molecule has 0 aliphatic heterocycles. The standard InChI is InChI=1S/C15H23ClO/c1-4-5-6-7-10-17-13-8-9-14(12(2)3)15(16)11-13/h8-9,11-12H,4-7,10H2,1-3H3. The first kappa shape index (κ1) is 14.4. The quantitative estimate of drug-likeness (QED) is 0.590. The summed E-state index contributed by atoms with van der Waals surface area (Å²) in [5.41, 5.74) is 1.19. The molecule has 0 radical (unpaired) electrons. The zero-order valence-corrected chi connectivity index (χ0v) is 11.9. The maximum absolute atomic E-state index is 6.21. The molecule has 17 heavy (non-hydrogen) atoms. The number of hydrogen-bond donors (Lipinski definition) is 0. The summed E-state index contributed by atoms with van der Waals surface area (Å²) in [4.78, 5) is 0. The molecule has 0 aliphatic rings. The summed E-state index contributed by atoms with van der Waals surface area (Å²) in [5, 5.41) is 0.811. The maximum atomic E-state index is 6.21. The molecule has 0 fully saturated rings. The minimum absolute atomic E-state index is 0.459. The number of rotatable bonds is 7. The predicted molar refractivity (Wildman–Crippen MR) is 75.2 cm³/mol. The van der Waals surface area contributed by atoms with Gasteiger partial charge in [-0.3, -0.25) is 0 Å². The molecule has 2 heteroatoms. The Morgan fingerprint density at radius 3 is 2.53 bits per heavy atom. The highest BCUT2D eigenvalue weighted by molar-refractivity contribution is 6.31. The summed E-state index contributed by atoms with van der Waals surface area (Å²) in [6, 6.07) is 6.01. The van der Waals surface area contributed by atoms with Crippen molar-refractivity contribution in [3.8, 4) is 5.75 Å². The van der Waals surface area contributed by atoms with Crippen LogP contribution in [-0.4, -0.2) is 6.61 Å². The smallest absolute Gasteiger partial charge is 0.120 e. The number of benzene rings is 1. The zero-order chi connectivity index (χ0) is 12.7. The van der Waals surface area contributed by atoms with E-state index in [2.05, 4.69) is 26.8 Å². The second kappa shape index (κ2) is 7.60. The van der Waals surface area contributed by atoms with E-state index >= 15 is 0 Å². The first-order valence-corrected chi connectivity index (χ1v) is 6.95. The normalized spacial score (nSPS) is 10.9. The molecule has 1 rings (SSSR count). The van der Waals surface area contributed by atoms with Crippen LogP contribution in [0.25, 0.3) is 0 Å². The molecule has 0 heterocycles. The summed E-state index contributed by atoms with van der Waals surface area (Å²) >= 11 is 6.21. The van der Waals surface area contributed by atoms with E-state index in [9.17, 15) is 0 Å². The van der Waals surface area contributed by atoms with Crippen molar-refractivity contribution in [1.82, 2.24) is 0 Å². The van der Waals surface area contributed by atoms with Crippen LogP contribution in [0.4, 0.5) is 0 Å². The molecule has 0 saturated heterocycles. The molecule has 1 nitrogen and oxygen atoms in total. The molecule has 1 aromatic carbocycles. The van der Waals surface area contributed by atoms with Gasteiger partial charge in [0.15, 0.2) is 0 Å². The lowest BCUT2D eigenvalue weighted by molar-refractivity contribution is 0.305. The molecule has 1 aromatic rings. The molecule has 0 atom stereocenters. The van der Waals surface area contributed by atoms with Crippen LogP contribution in [0.15, 0.2) is 18.2 Å². The molecule has 0 spiro atoms. The number of halogens is 1. The minimum Gasteiger partial charge on any atom is -0.494 e. The van der Waals surface area contributed by atoms with Gasteiger partial charge in [0.1, 0.15) is 5.75 Å². The largest absolute Gasteiger partial charge is 0.494 e. The van der Waals surface area contributed by atoms with E-state index < -0.39 is 0 Å². The molecule has 96 valence electrons. The van der Waals surface area contributed by atoms with Gasteiger partial charge in [0, 0.05) is 5.02 Å². The topological polar surface area (TPSA) is 9.23 Å². The van der Waals surface area contributed by atoms with E-state index in [-0.39, 0.29) is 0 Å². The van der Waals surface area contributed by atoms with E-state index in [1.165, 1.54) is 24.8 Å². The Labute approximate surface area is 110 Å². The highest BCUT2D eigenvalue weighted by Gasteiger charge is 2.06. The van der Waals surface area contributed by atoms with Crippen molar-refractivity contribution < 1.29 is 4.74 Å². The van der Waals surface area contributed by atoms with Gasteiger partial charge < -0.3 is 4.74 Å². The highest BCUT2D eigenvalue weighted by atomic mass is 35.5. The van der Waals surface area contributed by atoms with Crippen LogP contribution in [0.2, 0.25) is 5.02 Å². The summed E-state index contributed by atoms with van der Waals surface area (Å²) in [6.07, 6.45) is 4.91. The molecule has 0 amide bonds. The van der Waals surface area contributed by atoms with Crippen molar-refractivity contribution >= 4 is 11.6 Å². The molecule has 0 unspecified atom stereocenters. The van der Waals surface area contributed by atoms with Gasteiger partial charge in [0.2, 0.25) is 0 Å². The Hall–Kier alpha value is -0.690. The average molecular weight is 255 g/mol. The third-order valence-electron chi connectivity index (χ3n) is 2.86. The lowest BCUT2D eigenvalue weighted by Crippen LogP contribution is -1.98. The maximum Gasteiger partial charge on any atom is 0.120 e. The monoisotopic (exact) mass is 254 g/mol. The Morgan fingerprint density at radius 2 is 1.94 bits per heavy atom. The first-order valence-electron chi connectivity index (χ1n) is 6.57. The third kappa shape index (κ3) is 4.99. The van der Waals surface area contributed by atoms with Crippen LogP contribution in [0.5, 0.6) is 5.75 Å². The molecule has 0 aromatic heterocycles. The summed E-state index contributed by atoms with van der Waals surface area (Å²) in [5.74, 6) is 1.34. The van der Waals surface area contributed by atoms with Crippen LogP contribution in [-0.2, 0) is 0 Å². The van der Waals surface area contributed by atoms with E-state index in [1.807, 2.05) is 12.1 Å². The van der Waals surface area contributed by atoms with Crippen molar-refractivity contribution in [2.75, 3.05) is 6.61 Å². The second-order valence-electron chi connectivity index (χ2n) is 4.75. The van der Waals surface area contributed by atoms with Gasteiger partial charge in [-0.05, 0) is 30.0 Å². The van der Waals surface area contributed by atoms with Gasteiger partial charge in [-0.1, -0.05) is 57.7 Å². The lowest BCUT2D eigenvalue weighted by atomic mass is 10.0. The molecule has 0 bridgehead atoms. The van der Waals surface area contributed by atoms with Crippen molar-refractivity contribution in [2.24, 2.45) is 0 Å². The summed E-state index contributed by atoms with van der Waals surface area (Å²) in [6.45, 7) is 7.29. The molecule has 0 aliphatic carbocycles. The van der Waals surface area contributed by atoms with E-state index in [4.69, 9.17) is 16.3 Å². The van der Waals surface area contributed by atoms with Crippen molar-refractivity contribution in [3.63, 3.8) is 0 Å². The van der Waals surface area contributed by atoms with E-state index in [1.54, 1.807) is 0 Å². The van der Waals surface area contributed by atoms with Crippen LogP contribution in [0.1, 0.15) is 57.9 Å². The predicted octanol–water partition coefficient (Wildman–Crippen LogP) is 5.42. The van der Waals surface area contributed by atoms with Gasteiger partial charge in [-0.15, -0.1) is 0 Å². The molecule has 0 N–H and O–H groups in total. The molecular weight excluding hydrogens is 232 g/mol. The van der Waals surface area contributed by atoms with Crippen LogP contribution >= 0.6 is 11.6 Å². The summed E-state index contributed by atoms with van der Waals surface area (Å²) in [7, 11) is 0. The van der Waals surface area contributed by atoms with Crippen molar-refractivity contribution in [2.45, 2.75) is 52.4 Å². The SMILES string of the molecule is CCCCCCOc1ccc(C(C)C)c(Cl)c1. The van der Waals surface area contributed by atoms with Gasteiger partial charge in [0.05, 0.1) is 6.61 Å². The Balaban J connectivity index is 2.42. The van der Waals surface area contributed by atoms with Gasteiger partial charge in [-0.2, -0.15) is 0 Å². The Morgan fingerprint density at radius 1 is 1.18 bits per heavy atom.